The second-order valence-electron chi connectivity index (χ2n) is 12.7. The molecule has 0 unspecified atom stereocenters. The topological polar surface area (TPSA) is 234 Å². The van der Waals surface area contributed by atoms with Gasteiger partial charge in [-0.2, -0.15) is 15.0 Å². The van der Waals surface area contributed by atoms with Gasteiger partial charge in [0.25, 0.3) is 17.7 Å². The lowest BCUT2D eigenvalue weighted by atomic mass is 10.0. The number of aromatic nitrogens is 12. The molecule has 10 rings (SSSR count). The molecule has 0 radical (unpaired) electrons. The van der Waals surface area contributed by atoms with E-state index in [0.29, 0.717) is 85.4 Å². The van der Waals surface area contributed by atoms with Gasteiger partial charge < -0.3 is 26.8 Å². The van der Waals surface area contributed by atoms with Crippen LogP contribution in [0.25, 0.3) is 103 Å². The number of hydrogen-bond acceptors (Lipinski definition) is 18. The summed E-state index contributed by atoms with van der Waals surface area (Å²) in [5.41, 5.74) is 5.74. The molecule has 0 saturated heterocycles. The lowest BCUT2D eigenvalue weighted by Crippen LogP contribution is -1.90. The van der Waals surface area contributed by atoms with E-state index < -0.39 is 0 Å². The van der Waals surface area contributed by atoms with Crippen LogP contribution in [-0.2, 0) is 0 Å². The Morgan fingerprint density at radius 1 is 0.316 bits per heavy atom. The van der Waals surface area contributed by atoms with Gasteiger partial charge in [-0.15, -0.1) is 30.6 Å². The minimum absolute atomic E-state index is 0.270. The normalized spacial score (nSPS) is 11.4. The van der Waals surface area contributed by atoms with Crippen molar-refractivity contribution in [3.05, 3.63) is 109 Å². The molecule has 6 heterocycles. The lowest BCUT2D eigenvalue weighted by Gasteiger charge is -2.03. The van der Waals surface area contributed by atoms with E-state index in [0.717, 1.165) is 0 Å². The molecule has 4 aromatic carbocycles. The fraction of sp³-hybridized carbons (Fsp3) is 0.0769. The van der Waals surface area contributed by atoms with E-state index in [-0.39, 0.29) is 35.1 Å². The molecule has 0 spiro atoms. The zero-order chi connectivity index (χ0) is 38.5. The van der Waals surface area contributed by atoms with E-state index in [2.05, 4.69) is 46.1 Å². The van der Waals surface area contributed by atoms with Crippen molar-refractivity contribution in [1.29, 1.82) is 0 Å². The first kappa shape index (κ1) is 33.3. The molecule has 0 N–H and O–H groups in total. The van der Waals surface area contributed by atoms with Crippen molar-refractivity contribution in [2.24, 2.45) is 0 Å². The molecule has 0 saturated carbocycles. The first-order valence-corrected chi connectivity index (χ1v) is 17.3. The summed E-state index contributed by atoms with van der Waals surface area (Å²) in [7, 11) is 0. The van der Waals surface area contributed by atoms with Gasteiger partial charge in [-0.25, -0.2) is 0 Å². The highest BCUT2D eigenvalue weighted by atomic mass is 16.5. The predicted octanol–water partition coefficient (Wildman–Crippen LogP) is 7.91. The Kier molecular flexibility index (Phi) is 7.91. The molecule has 18 heteroatoms. The Labute approximate surface area is 319 Å². The summed E-state index contributed by atoms with van der Waals surface area (Å²) >= 11 is 0. The smallest absolute Gasteiger partial charge is 0.258 e. The Morgan fingerprint density at radius 3 is 0.842 bits per heavy atom. The van der Waals surface area contributed by atoms with E-state index in [1.807, 2.05) is 91.0 Å². The highest BCUT2D eigenvalue weighted by Crippen LogP contribution is 2.34. The molecule has 0 aliphatic heterocycles. The largest absolute Gasteiger partial charge is 0.421 e. The SMILES string of the molecule is Cc1nnc(-c2cccc(-c3nc(-c4cc(-c5noc(-c6cccc(-c7nnc(C)o7)c6)n5)cc(-c5noc(-c6cccc(-c7nnc(C)o7)c6)n5)c4)no3)c2)o1. The minimum Gasteiger partial charge on any atom is -0.421 e. The Hall–Kier alpha value is -8.28. The number of hydrogen-bond donors (Lipinski definition) is 0. The fourth-order valence-corrected chi connectivity index (χ4v) is 5.98. The second-order valence-corrected chi connectivity index (χ2v) is 12.7. The van der Waals surface area contributed by atoms with Crippen molar-refractivity contribution in [3.8, 4) is 103 Å². The van der Waals surface area contributed by atoms with Gasteiger partial charge in [0, 0.05) is 70.8 Å². The van der Waals surface area contributed by atoms with Crippen LogP contribution in [0.15, 0.2) is 118 Å². The zero-order valence-electron chi connectivity index (χ0n) is 30.0. The van der Waals surface area contributed by atoms with E-state index in [1.54, 1.807) is 20.8 Å². The third-order valence-corrected chi connectivity index (χ3v) is 8.63. The van der Waals surface area contributed by atoms with Gasteiger partial charge in [0.15, 0.2) is 0 Å². The van der Waals surface area contributed by atoms with Crippen LogP contribution in [0, 0.1) is 20.8 Å². The summed E-state index contributed by atoms with van der Waals surface area (Å²) in [6.07, 6.45) is 0. The molecular formula is C39H24N12O6. The first-order chi connectivity index (χ1) is 27.9. The number of nitrogens with zero attached hydrogens (tertiary/aromatic N) is 12. The summed E-state index contributed by atoms with van der Waals surface area (Å²) in [5, 5.41) is 37.1. The average molecular weight is 757 g/mol. The van der Waals surface area contributed by atoms with E-state index in [9.17, 15) is 0 Å². The summed E-state index contributed by atoms with van der Waals surface area (Å²) in [6, 6.07) is 27.6. The molecule has 0 aliphatic rings. The third kappa shape index (κ3) is 6.52. The van der Waals surface area contributed by atoms with Crippen molar-refractivity contribution in [3.63, 3.8) is 0 Å². The molecule has 0 aliphatic carbocycles. The Balaban J connectivity index is 1.03. The fourth-order valence-electron chi connectivity index (χ4n) is 5.98. The number of benzene rings is 4. The maximum atomic E-state index is 5.75. The van der Waals surface area contributed by atoms with Crippen LogP contribution >= 0.6 is 0 Å². The molecule has 18 nitrogen and oxygen atoms in total. The maximum Gasteiger partial charge on any atom is 0.258 e. The maximum absolute atomic E-state index is 5.75. The van der Waals surface area contributed by atoms with Crippen molar-refractivity contribution in [2.45, 2.75) is 20.8 Å². The van der Waals surface area contributed by atoms with E-state index in [4.69, 9.17) is 41.8 Å². The van der Waals surface area contributed by atoms with E-state index >= 15 is 0 Å². The van der Waals surface area contributed by atoms with Crippen LogP contribution in [-0.4, -0.2) is 61.0 Å². The monoisotopic (exact) mass is 756 g/mol. The molecule has 0 bridgehead atoms. The highest BCUT2D eigenvalue weighted by Gasteiger charge is 2.21. The molecule has 0 amide bonds. The van der Waals surface area contributed by atoms with Crippen molar-refractivity contribution >= 4 is 0 Å². The molecule has 0 fully saturated rings. The zero-order valence-corrected chi connectivity index (χ0v) is 30.0. The van der Waals surface area contributed by atoms with Gasteiger partial charge in [0.1, 0.15) is 0 Å². The summed E-state index contributed by atoms with van der Waals surface area (Å²) in [4.78, 5) is 14.2. The van der Waals surface area contributed by atoms with Crippen molar-refractivity contribution in [2.75, 3.05) is 0 Å². The standard InChI is InChI=1S/C39H24N12O6/c1-19-43-46-37(52-19)25-10-4-7-22(13-25)34-40-31(49-55-34)28-16-29(32-41-35(56-50-32)23-8-5-11-26(14-23)38-47-44-20(2)53-38)18-30(17-28)33-42-36(57-51-33)24-9-6-12-27(15-24)39-48-45-21(3)54-39/h4-18H,1-3H3. The minimum atomic E-state index is 0.270. The van der Waals surface area contributed by atoms with Crippen LogP contribution in [0.1, 0.15) is 17.7 Å². The molecule has 0 atom stereocenters. The predicted molar refractivity (Wildman–Crippen MR) is 197 cm³/mol. The number of rotatable bonds is 9. The van der Waals surface area contributed by atoms with Crippen LogP contribution in [0.2, 0.25) is 0 Å². The average Bonchev–Trinajstić information content (AvgIpc) is 4.10. The molecule has 6 aromatic heterocycles. The third-order valence-electron chi connectivity index (χ3n) is 8.63. The van der Waals surface area contributed by atoms with Crippen molar-refractivity contribution < 1.29 is 26.8 Å². The Bertz CT molecular complexity index is 2730. The van der Waals surface area contributed by atoms with Gasteiger partial charge >= 0.3 is 0 Å². The summed E-state index contributed by atoms with van der Waals surface area (Å²) < 4.78 is 34.1. The van der Waals surface area contributed by atoms with Gasteiger partial charge in [0.2, 0.25) is 52.8 Å². The van der Waals surface area contributed by atoms with Gasteiger partial charge in [-0.1, -0.05) is 33.7 Å². The van der Waals surface area contributed by atoms with Crippen LogP contribution in [0.5, 0.6) is 0 Å². The second kappa shape index (κ2) is 13.5. The lowest BCUT2D eigenvalue weighted by molar-refractivity contribution is 0.432. The Morgan fingerprint density at radius 2 is 0.579 bits per heavy atom. The van der Waals surface area contributed by atoms with Crippen LogP contribution in [0.3, 0.4) is 0 Å². The number of aryl methyl sites for hydroxylation is 3. The highest BCUT2D eigenvalue weighted by molar-refractivity contribution is 5.77. The van der Waals surface area contributed by atoms with Crippen molar-refractivity contribution in [1.82, 2.24) is 61.0 Å². The quantitative estimate of drug-likeness (QED) is 0.136. The van der Waals surface area contributed by atoms with Gasteiger partial charge in [-0.3, -0.25) is 0 Å². The first-order valence-electron chi connectivity index (χ1n) is 17.3. The van der Waals surface area contributed by atoms with Crippen LogP contribution in [0.4, 0.5) is 0 Å². The molecular weight excluding hydrogens is 733 g/mol. The molecule has 10 aromatic rings. The molecule has 276 valence electrons. The summed E-state index contributed by atoms with van der Waals surface area (Å²) in [5.74, 6) is 4.13. The molecule has 57 heavy (non-hydrogen) atoms. The van der Waals surface area contributed by atoms with Gasteiger partial charge in [-0.05, 0) is 72.8 Å². The summed E-state index contributed by atoms with van der Waals surface area (Å²) in [6.45, 7) is 5.18. The van der Waals surface area contributed by atoms with E-state index in [1.165, 1.54) is 0 Å². The van der Waals surface area contributed by atoms with Crippen LogP contribution < -0.4 is 0 Å². The van der Waals surface area contributed by atoms with Gasteiger partial charge in [0.05, 0.1) is 0 Å².